The zero-order valence-corrected chi connectivity index (χ0v) is 12.4. The molecule has 1 saturated heterocycles. The van der Waals surface area contributed by atoms with Crippen molar-refractivity contribution in [2.24, 2.45) is 0 Å². The van der Waals surface area contributed by atoms with Crippen LogP contribution < -0.4 is 5.32 Å². The van der Waals surface area contributed by atoms with Crippen LogP contribution in [0.1, 0.15) is 24.2 Å². The zero-order valence-electron chi connectivity index (χ0n) is 11.6. The van der Waals surface area contributed by atoms with Crippen LogP contribution in [0.5, 0.6) is 0 Å². The maximum Gasteiger partial charge on any atom is 0.253 e. The van der Waals surface area contributed by atoms with E-state index < -0.39 is 10.8 Å². The van der Waals surface area contributed by atoms with Crippen LogP contribution in [-0.4, -0.2) is 46.4 Å². The van der Waals surface area contributed by atoms with E-state index in [9.17, 15) is 9.00 Å². The van der Waals surface area contributed by atoms with Crippen molar-refractivity contribution in [2.75, 3.05) is 19.3 Å². The van der Waals surface area contributed by atoms with Crippen molar-refractivity contribution in [1.82, 2.24) is 10.2 Å². The highest BCUT2D eigenvalue weighted by atomic mass is 32.2. The summed E-state index contributed by atoms with van der Waals surface area (Å²) in [5.74, 6) is 0.0497. The number of hydrogen-bond donors (Lipinski definition) is 1. The van der Waals surface area contributed by atoms with Crippen molar-refractivity contribution in [1.29, 1.82) is 0 Å². The molecular weight excluding hydrogens is 260 g/mol. The number of hydrogen-bond acceptors (Lipinski definition) is 3. The Morgan fingerprint density at radius 1 is 1.21 bits per heavy atom. The molecule has 104 valence electrons. The number of nitrogens with one attached hydrogen (secondary N) is 1. The molecule has 2 rings (SSSR count). The minimum atomic E-state index is -1.00. The molecule has 1 fully saturated rings. The highest BCUT2D eigenvalue weighted by Gasteiger charge is 2.25. The number of rotatable bonds is 2. The van der Waals surface area contributed by atoms with Gasteiger partial charge in [-0.3, -0.25) is 9.00 Å². The quantitative estimate of drug-likeness (QED) is 0.887. The van der Waals surface area contributed by atoms with Gasteiger partial charge in [0.25, 0.3) is 5.91 Å². The summed E-state index contributed by atoms with van der Waals surface area (Å²) in [6.45, 7) is 5.62. The van der Waals surface area contributed by atoms with Gasteiger partial charge in [0, 0.05) is 52.7 Å². The van der Waals surface area contributed by atoms with Gasteiger partial charge in [0.2, 0.25) is 0 Å². The van der Waals surface area contributed by atoms with Gasteiger partial charge in [-0.1, -0.05) is 0 Å². The number of carbonyl (C=O) groups excluding carboxylic acids is 1. The van der Waals surface area contributed by atoms with Gasteiger partial charge in [-0.15, -0.1) is 0 Å². The Bertz CT molecular complexity index is 477. The minimum absolute atomic E-state index is 0.0497. The van der Waals surface area contributed by atoms with Gasteiger partial charge in [-0.2, -0.15) is 0 Å². The molecule has 0 aromatic heterocycles. The summed E-state index contributed by atoms with van der Waals surface area (Å²) in [5, 5.41) is 3.41. The predicted molar refractivity (Wildman–Crippen MR) is 76.7 cm³/mol. The van der Waals surface area contributed by atoms with Gasteiger partial charge in [-0.25, -0.2) is 0 Å². The van der Waals surface area contributed by atoms with E-state index in [1.54, 1.807) is 30.5 Å². The van der Waals surface area contributed by atoms with Crippen LogP contribution in [0.15, 0.2) is 29.2 Å². The van der Waals surface area contributed by atoms with E-state index in [0.29, 0.717) is 17.6 Å². The Morgan fingerprint density at radius 3 is 2.21 bits per heavy atom. The Balaban J connectivity index is 2.12. The topological polar surface area (TPSA) is 49.4 Å². The summed E-state index contributed by atoms with van der Waals surface area (Å²) in [6.07, 6.45) is 1.64. The Labute approximate surface area is 116 Å². The standard InChI is InChI=1S/C14H20N2O2S/c1-10-8-16(9-11(2)15-10)14(17)12-4-6-13(7-5-12)19(3)18/h4-7,10-11,15H,8-9H2,1-3H3/t10-,11+,19-/m0/s1. The maximum atomic E-state index is 12.4. The summed E-state index contributed by atoms with van der Waals surface area (Å²) in [4.78, 5) is 15.0. The molecule has 1 heterocycles. The third kappa shape index (κ3) is 3.42. The van der Waals surface area contributed by atoms with Crippen molar-refractivity contribution >= 4 is 16.7 Å². The van der Waals surface area contributed by atoms with Gasteiger partial charge in [0.15, 0.2) is 0 Å². The monoisotopic (exact) mass is 280 g/mol. The predicted octanol–water partition coefficient (Wildman–Crippen LogP) is 1.25. The second-order valence-corrected chi connectivity index (χ2v) is 6.54. The fourth-order valence-electron chi connectivity index (χ4n) is 2.46. The molecular formula is C14H20N2O2S. The summed E-state index contributed by atoms with van der Waals surface area (Å²) >= 11 is 0. The highest BCUT2D eigenvalue weighted by molar-refractivity contribution is 7.84. The van der Waals surface area contributed by atoms with Crippen LogP contribution >= 0.6 is 0 Å². The van der Waals surface area contributed by atoms with Crippen molar-refractivity contribution in [3.8, 4) is 0 Å². The molecule has 3 atom stereocenters. The zero-order chi connectivity index (χ0) is 14.0. The van der Waals surface area contributed by atoms with Crippen molar-refractivity contribution in [2.45, 2.75) is 30.8 Å². The first-order valence-electron chi connectivity index (χ1n) is 6.46. The molecule has 0 radical (unpaired) electrons. The van der Waals surface area contributed by atoms with Crippen LogP contribution in [0.2, 0.25) is 0 Å². The Hall–Kier alpha value is -1.20. The van der Waals surface area contributed by atoms with E-state index in [1.807, 2.05) is 4.90 Å². The molecule has 0 unspecified atom stereocenters. The van der Waals surface area contributed by atoms with Gasteiger partial charge in [0.05, 0.1) is 0 Å². The molecule has 0 bridgehead atoms. The van der Waals surface area contributed by atoms with E-state index in [2.05, 4.69) is 19.2 Å². The van der Waals surface area contributed by atoms with Gasteiger partial charge in [0.1, 0.15) is 0 Å². The Kier molecular flexibility index (Phi) is 4.37. The van der Waals surface area contributed by atoms with E-state index in [0.717, 1.165) is 18.0 Å². The molecule has 0 saturated carbocycles. The lowest BCUT2D eigenvalue weighted by Gasteiger charge is -2.36. The van der Waals surface area contributed by atoms with Gasteiger partial charge >= 0.3 is 0 Å². The van der Waals surface area contributed by atoms with Crippen LogP contribution in [-0.2, 0) is 10.8 Å². The molecule has 1 aliphatic heterocycles. The molecule has 0 spiro atoms. The maximum absolute atomic E-state index is 12.4. The van der Waals surface area contributed by atoms with E-state index >= 15 is 0 Å². The van der Waals surface area contributed by atoms with Crippen molar-refractivity contribution < 1.29 is 9.00 Å². The third-order valence-corrected chi connectivity index (χ3v) is 4.21. The number of carbonyl (C=O) groups is 1. The van der Waals surface area contributed by atoms with E-state index in [-0.39, 0.29) is 5.91 Å². The average Bonchev–Trinajstić information content (AvgIpc) is 2.37. The summed E-state index contributed by atoms with van der Waals surface area (Å²) in [6, 6.07) is 7.68. The molecule has 0 aliphatic carbocycles. The minimum Gasteiger partial charge on any atom is -0.336 e. The molecule has 1 aromatic rings. The van der Waals surface area contributed by atoms with E-state index in [1.165, 1.54) is 0 Å². The smallest absolute Gasteiger partial charge is 0.253 e. The molecule has 1 aliphatic rings. The molecule has 1 aromatic carbocycles. The van der Waals surface area contributed by atoms with Crippen molar-refractivity contribution in [3.63, 3.8) is 0 Å². The molecule has 5 heteroatoms. The summed E-state index contributed by atoms with van der Waals surface area (Å²) < 4.78 is 11.3. The van der Waals surface area contributed by atoms with Crippen molar-refractivity contribution in [3.05, 3.63) is 29.8 Å². The lowest BCUT2D eigenvalue weighted by atomic mass is 10.1. The van der Waals surface area contributed by atoms with Crippen LogP contribution in [0, 0.1) is 0 Å². The van der Waals surface area contributed by atoms with Crippen LogP contribution in [0.3, 0.4) is 0 Å². The first kappa shape index (κ1) is 14.2. The number of piperazine rings is 1. The molecule has 1 N–H and O–H groups in total. The first-order chi connectivity index (χ1) is 8.97. The molecule has 19 heavy (non-hydrogen) atoms. The summed E-state index contributed by atoms with van der Waals surface area (Å²) in [7, 11) is -1.00. The second kappa shape index (κ2) is 5.84. The fraction of sp³-hybridized carbons (Fsp3) is 0.500. The fourth-order valence-corrected chi connectivity index (χ4v) is 2.98. The molecule has 4 nitrogen and oxygen atoms in total. The third-order valence-electron chi connectivity index (χ3n) is 3.28. The van der Waals surface area contributed by atoms with Crippen LogP contribution in [0.4, 0.5) is 0 Å². The largest absolute Gasteiger partial charge is 0.336 e. The normalized spacial score (nSPS) is 25.1. The van der Waals surface area contributed by atoms with Crippen LogP contribution in [0.25, 0.3) is 0 Å². The highest BCUT2D eigenvalue weighted by Crippen LogP contribution is 2.13. The van der Waals surface area contributed by atoms with Gasteiger partial charge in [-0.05, 0) is 38.1 Å². The van der Waals surface area contributed by atoms with E-state index in [4.69, 9.17) is 0 Å². The molecule has 1 amide bonds. The number of benzene rings is 1. The first-order valence-corrected chi connectivity index (χ1v) is 8.02. The summed E-state index contributed by atoms with van der Waals surface area (Å²) in [5.41, 5.74) is 0.663. The number of amides is 1. The van der Waals surface area contributed by atoms with Gasteiger partial charge < -0.3 is 10.2 Å². The lowest BCUT2D eigenvalue weighted by molar-refractivity contribution is 0.0673. The second-order valence-electron chi connectivity index (χ2n) is 5.16. The average molecular weight is 280 g/mol. The Morgan fingerprint density at radius 2 is 1.74 bits per heavy atom. The lowest BCUT2D eigenvalue weighted by Crippen LogP contribution is -2.55. The SMILES string of the molecule is C[C@@H]1CN(C(=O)c2ccc([S@](C)=O)cc2)C[C@H](C)N1. The number of nitrogens with zero attached hydrogens (tertiary/aromatic N) is 1.